The van der Waals surface area contributed by atoms with Crippen molar-refractivity contribution in [2.45, 2.75) is 46.7 Å². The average molecular weight is 403 g/mol. The van der Waals surface area contributed by atoms with Crippen LogP contribution in [-0.4, -0.2) is 22.9 Å². The van der Waals surface area contributed by atoms with Gasteiger partial charge in [0, 0.05) is 27.1 Å². The fraction of sp³-hybridized carbons (Fsp3) is 0.438. The van der Waals surface area contributed by atoms with Crippen LogP contribution < -0.4 is 0 Å². The Labute approximate surface area is 138 Å². The van der Waals surface area contributed by atoms with E-state index in [9.17, 15) is 4.79 Å². The lowest BCUT2D eigenvalue weighted by atomic mass is 10.1. The van der Waals surface area contributed by atoms with Crippen LogP contribution >= 0.6 is 31.9 Å². The molecule has 0 saturated heterocycles. The molecule has 0 aliphatic heterocycles. The minimum atomic E-state index is 0.0616. The van der Waals surface area contributed by atoms with Crippen molar-refractivity contribution in [3.8, 4) is 0 Å². The zero-order valence-corrected chi connectivity index (χ0v) is 15.7. The predicted octanol–water partition coefficient (Wildman–Crippen LogP) is 5.26. The van der Waals surface area contributed by atoms with E-state index in [4.69, 9.17) is 0 Å². The number of halogens is 2. The first-order valence-corrected chi connectivity index (χ1v) is 8.28. The van der Waals surface area contributed by atoms with Gasteiger partial charge in [0.05, 0.1) is 0 Å². The molecule has 0 bridgehead atoms. The van der Waals surface area contributed by atoms with Crippen LogP contribution in [0.25, 0.3) is 5.57 Å². The molecule has 0 spiro atoms. The van der Waals surface area contributed by atoms with Gasteiger partial charge in [0.25, 0.3) is 0 Å². The van der Waals surface area contributed by atoms with E-state index in [0.29, 0.717) is 0 Å². The van der Waals surface area contributed by atoms with E-state index in [-0.39, 0.29) is 18.0 Å². The molecule has 0 fully saturated rings. The SMILES string of the molecule is C/C(=C/C(=O)N(C(C)C)C(C)C)c1ccc(Br)c(Br)c1. The molecule has 2 nitrogen and oxygen atoms in total. The van der Waals surface area contributed by atoms with Crippen LogP contribution in [-0.2, 0) is 4.79 Å². The Morgan fingerprint density at radius 3 is 2.10 bits per heavy atom. The molecule has 0 heterocycles. The standard InChI is InChI=1S/C16H21Br2NO/c1-10(2)19(11(3)4)16(20)8-12(5)13-6-7-14(17)15(18)9-13/h6-11H,1-5H3/b12-8-. The van der Waals surface area contributed by atoms with Crippen molar-refractivity contribution in [2.24, 2.45) is 0 Å². The molecule has 1 rings (SSSR count). The van der Waals surface area contributed by atoms with Gasteiger partial charge in [-0.15, -0.1) is 0 Å². The van der Waals surface area contributed by atoms with Crippen molar-refractivity contribution >= 4 is 43.3 Å². The summed E-state index contributed by atoms with van der Waals surface area (Å²) in [6.45, 7) is 10.1. The van der Waals surface area contributed by atoms with Crippen LogP contribution in [0.4, 0.5) is 0 Å². The number of allylic oxidation sites excluding steroid dienone is 1. The van der Waals surface area contributed by atoms with E-state index in [2.05, 4.69) is 31.9 Å². The van der Waals surface area contributed by atoms with Gasteiger partial charge in [0.15, 0.2) is 0 Å². The molecule has 0 saturated carbocycles. The fourth-order valence-corrected chi connectivity index (χ4v) is 2.82. The molecule has 1 amide bonds. The van der Waals surface area contributed by atoms with Crippen LogP contribution in [0.2, 0.25) is 0 Å². The number of hydrogen-bond donors (Lipinski definition) is 0. The number of carbonyl (C=O) groups excluding carboxylic acids is 1. The highest BCUT2D eigenvalue weighted by Gasteiger charge is 2.18. The van der Waals surface area contributed by atoms with E-state index in [1.54, 1.807) is 6.08 Å². The second kappa shape index (κ2) is 7.41. The average Bonchev–Trinajstić information content (AvgIpc) is 2.31. The maximum Gasteiger partial charge on any atom is 0.247 e. The third kappa shape index (κ3) is 4.45. The first-order valence-electron chi connectivity index (χ1n) is 6.70. The quantitative estimate of drug-likeness (QED) is 0.629. The number of rotatable bonds is 4. The summed E-state index contributed by atoms with van der Waals surface area (Å²) in [5.41, 5.74) is 2.01. The van der Waals surface area contributed by atoms with Gasteiger partial charge in [-0.05, 0) is 89.7 Å². The lowest BCUT2D eigenvalue weighted by Crippen LogP contribution is -2.41. The minimum Gasteiger partial charge on any atom is -0.334 e. The monoisotopic (exact) mass is 401 g/mol. The summed E-state index contributed by atoms with van der Waals surface area (Å²) in [5, 5.41) is 0. The summed E-state index contributed by atoms with van der Waals surface area (Å²) >= 11 is 6.94. The van der Waals surface area contributed by atoms with Crippen molar-refractivity contribution in [3.05, 3.63) is 38.8 Å². The smallest absolute Gasteiger partial charge is 0.247 e. The fourth-order valence-electron chi connectivity index (χ4n) is 2.19. The first kappa shape index (κ1) is 17.4. The van der Waals surface area contributed by atoms with Gasteiger partial charge in [0.2, 0.25) is 5.91 Å². The lowest BCUT2D eigenvalue weighted by Gasteiger charge is -2.29. The molecule has 0 aromatic heterocycles. The summed E-state index contributed by atoms with van der Waals surface area (Å²) in [5.74, 6) is 0.0616. The highest BCUT2D eigenvalue weighted by molar-refractivity contribution is 9.13. The molecule has 1 aromatic rings. The van der Waals surface area contributed by atoms with Crippen LogP contribution in [0.15, 0.2) is 33.2 Å². The van der Waals surface area contributed by atoms with E-state index >= 15 is 0 Å². The Bertz CT molecular complexity index is 513. The van der Waals surface area contributed by atoms with Gasteiger partial charge >= 0.3 is 0 Å². The van der Waals surface area contributed by atoms with Crippen LogP contribution in [0.1, 0.15) is 40.2 Å². The van der Waals surface area contributed by atoms with Crippen molar-refractivity contribution in [1.82, 2.24) is 4.90 Å². The Kier molecular flexibility index (Phi) is 6.46. The summed E-state index contributed by atoms with van der Waals surface area (Å²) in [6, 6.07) is 6.39. The topological polar surface area (TPSA) is 20.3 Å². The van der Waals surface area contributed by atoms with Gasteiger partial charge < -0.3 is 4.90 Å². The molecule has 20 heavy (non-hydrogen) atoms. The maximum absolute atomic E-state index is 12.4. The zero-order chi connectivity index (χ0) is 15.4. The molecule has 0 atom stereocenters. The third-order valence-corrected chi connectivity index (χ3v) is 4.96. The number of amides is 1. The van der Waals surface area contributed by atoms with E-state index in [1.807, 2.05) is 57.7 Å². The second-order valence-electron chi connectivity index (χ2n) is 5.39. The van der Waals surface area contributed by atoms with Crippen molar-refractivity contribution < 1.29 is 4.79 Å². The summed E-state index contributed by atoms with van der Waals surface area (Å²) in [7, 11) is 0. The first-order chi connectivity index (χ1) is 9.23. The lowest BCUT2D eigenvalue weighted by molar-refractivity contribution is -0.129. The largest absolute Gasteiger partial charge is 0.334 e. The van der Waals surface area contributed by atoms with Gasteiger partial charge in [-0.3, -0.25) is 4.79 Å². The van der Waals surface area contributed by atoms with Crippen molar-refractivity contribution in [3.63, 3.8) is 0 Å². The van der Waals surface area contributed by atoms with Gasteiger partial charge in [-0.2, -0.15) is 0 Å². The van der Waals surface area contributed by atoms with Gasteiger partial charge in [-0.1, -0.05) is 6.07 Å². The molecule has 0 radical (unpaired) electrons. The highest BCUT2D eigenvalue weighted by atomic mass is 79.9. The molecule has 1 aromatic carbocycles. The van der Waals surface area contributed by atoms with Crippen molar-refractivity contribution in [2.75, 3.05) is 0 Å². The summed E-state index contributed by atoms with van der Waals surface area (Å²) < 4.78 is 1.99. The van der Waals surface area contributed by atoms with Crippen LogP contribution in [0, 0.1) is 0 Å². The van der Waals surface area contributed by atoms with E-state index in [0.717, 1.165) is 20.1 Å². The number of benzene rings is 1. The molecule has 0 aliphatic rings. The third-order valence-electron chi connectivity index (χ3n) is 3.08. The highest BCUT2D eigenvalue weighted by Crippen LogP contribution is 2.27. The minimum absolute atomic E-state index is 0.0616. The number of carbonyl (C=O) groups is 1. The molecule has 4 heteroatoms. The van der Waals surface area contributed by atoms with Crippen molar-refractivity contribution in [1.29, 1.82) is 0 Å². The predicted molar refractivity (Wildman–Crippen MR) is 92.6 cm³/mol. The van der Waals surface area contributed by atoms with E-state index < -0.39 is 0 Å². The maximum atomic E-state index is 12.4. The Morgan fingerprint density at radius 2 is 1.65 bits per heavy atom. The van der Waals surface area contributed by atoms with Crippen LogP contribution in [0.5, 0.6) is 0 Å². The molecule has 110 valence electrons. The Morgan fingerprint density at radius 1 is 1.10 bits per heavy atom. The zero-order valence-electron chi connectivity index (χ0n) is 12.6. The molecule has 0 N–H and O–H groups in total. The van der Waals surface area contributed by atoms with Crippen LogP contribution in [0.3, 0.4) is 0 Å². The number of hydrogen-bond acceptors (Lipinski definition) is 1. The Balaban J connectivity index is 3.03. The summed E-state index contributed by atoms with van der Waals surface area (Å²) in [6.07, 6.45) is 1.72. The molecule has 0 unspecified atom stereocenters. The van der Waals surface area contributed by atoms with Gasteiger partial charge in [0.1, 0.15) is 0 Å². The number of nitrogens with zero attached hydrogens (tertiary/aromatic N) is 1. The molecule has 0 aliphatic carbocycles. The van der Waals surface area contributed by atoms with E-state index in [1.165, 1.54) is 0 Å². The molecular weight excluding hydrogens is 382 g/mol. The Hall–Kier alpha value is -0.610. The van der Waals surface area contributed by atoms with Gasteiger partial charge in [-0.25, -0.2) is 0 Å². The normalized spacial score (nSPS) is 12.2. The summed E-state index contributed by atoms with van der Waals surface area (Å²) in [4.78, 5) is 14.3. The molecular formula is C16H21Br2NO. The second-order valence-corrected chi connectivity index (χ2v) is 7.10.